The van der Waals surface area contributed by atoms with E-state index in [4.69, 9.17) is 9.63 Å². The Labute approximate surface area is 99.2 Å². The van der Waals surface area contributed by atoms with Crippen molar-refractivity contribution in [2.45, 2.75) is 32.7 Å². The van der Waals surface area contributed by atoms with Crippen LogP contribution in [0.1, 0.15) is 36.3 Å². The van der Waals surface area contributed by atoms with Crippen molar-refractivity contribution in [3.05, 3.63) is 17.5 Å². The van der Waals surface area contributed by atoms with Gasteiger partial charge in [0.15, 0.2) is 5.69 Å². The zero-order valence-electron chi connectivity index (χ0n) is 10.4. The molecule has 1 amide bonds. The molecule has 1 aromatic heterocycles. The smallest absolute Gasteiger partial charge is 0.305 e. The molecule has 0 atom stereocenters. The van der Waals surface area contributed by atoms with E-state index in [-0.39, 0.29) is 18.0 Å². The van der Waals surface area contributed by atoms with Gasteiger partial charge in [0.25, 0.3) is 5.91 Å². The van der Waals surface area contributed by atoms with Gasteiger partial charge < -0.3 is 14.5 Å². The van der Waals surface area contributed by atoms with Crippen molar-refractivity contribution in [3.63, 3.8) is 0 Å². The Hall–Kier alpha value is -1.85. The quantitative estimate of drug-likeness (QED) is 0.857. The van der Waals surface area contributed by atoms with E-state index in [1.54, 1.807) is 27.8 Å². The maximum atomic E-state index is 12.1. The standard InChI is InChI=1S/C11H16N2O4/c1-7-6-17-12-9(7)10(16)13(4)11(2,3)5-8(14)15/h6H,5H2,1-4H3,(H,14,15). The molecule has 6 heteroatoms. The number of carboxylic acids is 1. The van der Waals surface area contributed by atoms with Crippen LogP contribution >= 0.6 is 0 Å². The van der Waals surface area contributed by atoms with Crippen LogP contribution in [0.25, 0.3) is 0 Å². The average molecular weight is 240 g/mol. The maximum absolute atomic E-state index is 12.1. The van der Waals surface area contributed by atoms with Crippen molar-refractivity contribution in [3.8, 4) is 0 Å². The van der Waals surface area contributed by atoms with Crippen molar-refractivity contribution in [1.82, 2.24) is 10.1 Å². The SMILES string of the molecule is Cc1conc1C(=O)N(C)C(C)(C)CC(=O)O. The molecule has 17 heavy (non-hydrogen) atoms. The summed E-state index contributed by atoms with van der Waals surface area (Å²) in [5, 5.41) is 12.4. The van der Waals surface area contributed by atoms with E-state index in [0.29, 0.717) is 5.56 Å². The van der Waals surface area contributed by atoms with Crippen LogP contribution in [0, 0.1) is 6.92 Å². The van der Waals surface area contributed by atoms with E-state index in [2.05, 4.69) is 5.16 Å². The topological polar surface area (TPSA) is 83.6 Å². The molecule has 0 fully saturated rings. The molecule has 0 aliphatic carbocycles. The van der Waals surface area contributed by atoms with Crippen LogP contribution in [0.4, 0.5) is 0 Å². The van der Waals surface area contributed by atoms with Crippen LogP contribution in [-0.2, 0) is 4.79 Å². The van der Waals surface area contributed by atoms with Crippen molar-refractivity contribution in [2.75, 3.05) is 7.05 Å². The number of rotatable bonds is 4. The molecule has 1 heterocycles. The highest BCUT2D eigenvalue weighted by Crippen LogP contribution is 2.20. The first kappa shape index (κ1) is 13.2. The van der Waals surface area contributed by atoms with Crippen molar-refractivity contribution < 1.29 is 19.2 Å². The first-order chi connectivity index (χ1) is 7.75. The second-order valence-electron chi connectivity index (χ2n) is 4.59. The molecule has 0 spiro atoms. The first-order valence-electron chi connectivity index (χ1n) is 5.16. The van der Waals surface area contributed by atoms with Crippen molar-refractivity contribution in [1.29, 1.82) is 0 Å². The lowest BCUT2D eigenvalue weighted by Gasteiger charge is -2.33. The van der Waals surface area contributed by atoms with Crippen LogP contribution in [0.3, 0.4) is 0 Å². The lowest BCUT2D eigenvalue weighted by atomic mass is 9.98. The van der Waals surface area contributed by atoms with E-state index < -0.39 is 11.5 Å². The van der Waals surface area contributed by atoms with Crippen LogP contribution in [0.2, 0.25) is 0 Å². The molecule has 0 aliphatic rings. The van der Waals surface area contributed by atoms with Gasteiger partial charge in [-0.3, -0.25) is 9.59 Å². The number of aromatic nitrogens is 1. The van der Waals surface area contributed by atoms with Gasteiger partial charge in [0.1, 0.15) is 6.26 Å². The molecule has 6 nitrogen and oxygen atoms in total. The third kappa shape index (κ3) is 2.83. The molecule has 0 radical (unpaired) electrons. The van der Waals surface area contributed by atoms with E-state index in [1.807, 2.05) is 0 Å². The van der Waals surface area contributed by atoms with Gasteiger partial charge in [-0.25, -0.2) is 0 Å². The Bertz CT molecular complexity index is 436. The van der Waals surface area contributed by atoms with Gasteiger partial charge in [-0.1, -0.05) is 5.16 Å². The lowest BCUT2D eigenvalue weighted by Crippen LogP contribution is -2.46. The molecule has 1 aromatic rings. The van der Waals surface area contributed by atoms with Gasteiger partial charge >= 0.3 is 5.97 Å². The summed E-state index contributed by atoms with van der Waals surface area (Å²) in [5.41, 5.74) is 0.0628. The predicted octanol–water partition coefficient (Wildman–Crippen LogP) is 1.31. The van der Waals surface area contributed by atoms with Gasteiger partial charge in [0.05, 0.1) is 6.42 Å². The minimum absolute atomic E-state index is 0.133. The third-order valence-corrected chi connectivity index (χ3v) is 2.75. The van der Waals surface area contributed by atoms with Gasteiger partial charge in [-0.2, -0.15) is 0 Å². The largest absolute Gasteiger partial charge is 0.481 e. The van der Waals surface area contributed by atoms with Gasteiger partial charge in [-0.15, -0.1) is 0 Å². The Kier molecular flexibility index (Phi) is 3.55. The maximum Gasteiger partial charge on any atom is 0.305 e. The second kappa shape index (κ2) is 4.57. The summed E-state index contributed by atoms with van der Waals surface area (Å²) in [4.78, 5) is 24.2. The number of hydrogen-bond donors (Lipinski definition) is 1. The highest BCUT2D eigenvalue weighted by molar-refractivity contribution is 5.94. The molecule has 94 valence electrons. The number of carboxylic acid groups (broad SMARTS) is 1. The van der Waals surface area contributed by atoms with Crippen molar-refractivity contribution >= 4 is 11.9 Å². The molecule has 0 saturated heterocycles. The fourth-order valence-electron chi connectivity index (χ4n) is 1.42. The first-order valence-corrected chi connectivity index (χ1v) is 5.16. The molecule has 1 N–H and O–H groups in total. The number of carbonyl (C=O) groups is 2. The monoisotopic (exact) mass is 240 g/mol. The van der Waals surface area contributed by atoms with E-state index >= 15 is 0 Å². The number of nitrogens with zero attached hydrogens (tertiary/aromatic N) is 2. The lowest BCUT2D eigenvalue weighted by molar-refractivity contribution is -0.139. The summed E-state index contributed by atoms with van der Waals surface area (Å²) in [6.45, 7) is 5.09. The molecular formula is C11H16N2O4. The van der Waals surface area contributed by atoms with E-state index in [9.17, 15) is 9.59 Å². The van der Waals surface area contributed by atoms with Crippen LogP contribution in [0.15, 0.2) is 10.8 Å². The Morgan fingerprint density at radius 3 is 2.53 bits per heavy atom. The molecule has 0 saturated carbocycles. The summed E-state index contributed by atoms with van der Waals surface area (Å²) in [6, 6.07) is 0. The normalized spacial score (nSPS) is 11.3. The fraction of sp³-hybridized carbons (Fsp3) is 0.545. The summed E-state index contributed by atoms with van der Waals surface area (Å²) in [5.74, 6) is -1.30. The fourth-order valence-corrected chi connectivity index (χ4v) is 1.42. The molecule has 1 rings (SSSR count). The number of hydrogen-bond acceptors (Lipinski definition) is 4. The zero-order chi connectivity index (χ0) is 13.2. The van der Waals surface area contributed by atoms with Crippen LogP contribution in [0.5, 0.6) is 0 Å². The molecule has 0 bridgehead atoms. The highest BCUT2D eigenvalue weighted by Gasteiger charge is 2.32. The minimum Gasteiger partial charge on any atom is -0.481 e. The number of aliphatic carboxylic acids is 1. The average Bonchev–Trinajstić information content (AvgIpc) is 2.60. The molecule has 0 aromatic carbocycles. The molecule has 0 unspecified atom stereocenters. The summed E-state index contributed by atoms with van der Waals surface area (Å²) in [7, 11) is 1.55. The molecular weight excluding hydrogens is 224 g/mol. The predicted molar refractivity (Wildman–Crippen MR) is 59.7 cm³/mol. The summed E-state index contributed by atoms with van der Waals surface area (Å²) >= 11 is 0. The van der Waals surface area contributed by atoms with Crippen molar-refractivity contribution in [2.24, 2.45) is 0 Å². The Morgan fingerprint density at radius 1 is 1.53 bits per heavy atom. The second-order valence-corrected chi connectivity index (χ2v) is 4.59. The van der Waals surface area contributed by atoms with Gasteiger partial charge in [0.2, 0.25) is 0 Å². The number of aryl methyl sites for hydroxylation is 1. The summed E-state index contributed by atoms with van der Waals surface area (Å²) in [6.07, 6.45) is 1.25. The number of carbonyl (C=O) groups excluding carboxylic acids is 1. The third-order valence-electron chi connectivity index (χ3n) is 2.75. The Balaban J connectivity index is 2.90. The Morgan fingerprint density at radius 2 is 2.12 bits per heavy atom. The minimum atomic E-state index is -0.952. The van der Waals surface area contributed by atoms with E-state index in [0.717, 1.165) is 0 Å². The van der Waals surface area contributed by atoms with Crippen LogP contribution < -0.4 is 0 Å². The van der Waals surface area contributed by atoms with Gasteiger partial charge in [0, 0.05) is 18.2 Å². The number of amides is 1. The summed E-state index contributed by atoms with van der Waals surface area (Å²) < 4.78 is 4.70. The highest BCUT2D eigenvalue weighted by atomic mass is 16.5. The zero-order valence-corrected chi connectivity index (χ0v) is 10.4. The van der Waals surface area contributed by atoms with Crippen LogP contribution in [-0.4, -0.2) is 39.6 Å². The molecule has 0 aliphatic heterocycles. The van der Waals surface area contributed by atoms with Gasteiger partial charge in [-0.05, 0) is 20.8 Å². The van der Waals surface area contributed by atoms with E-state index in [1.165, 1.54) is 11.2 Å².